The minimum Gasteiger partial charge on any atom is -0.493 e. The van der Waals surface area contributed by atoms with Crippen molar-refractivity contribution in [3.63, 3.8) is 0 Å². The Morgan fingerprint density at radius 3 is 2.58 bits per heavy atom. The molecule has 2 nitrogen and oxygen atoms in total. The van der Waals surface area contributed by atoms with E-state index < -0.39 is 5.60 Å². The third-order valence-corrected chi connectivity index (χ3v) is 4.37. The van der Waals surface area contributed by atoms with E-state index in [0.29, 0.717) is 13.0 Å². The maximum absolute atomic E-state index is 6.18. The molecule has 3 heteroatoms. The third kappa shape index (κ3) is 4.21. The predicted molar refractivity (Wildman–Crippen MR) is 98.3 cm³/mol. The lowest BCUT2D eigenvalue weighted by molar-refractivity contribution is 0.0984. The highest BCUT2D eigenvalue weighted by molar-refractivity contribution is 6.31. The van der Waals surface area contributed by atoms with Crippen molar-refractivity contribution in [2.75, 3.05) is 0 Å². The molecular weight excluding hydrogens is 320 g/mol. The second kappa shape index (κ2) is 7.14. The van der Waals surface area contributed by atoms with Gasteiger partial charge in [0.25, 0.3) is 0 Å². The molecular formula is C21H21ClO2. The predicted octanol–water partition coefficient (Wildman–Crippen LogP) is 5.85. The molecule has 0 radical (unpaired) electrons. The molecule has 124 valence electrons. The maximum atomic E-state index is 6.18. The van der Waals surface area contributed by atoms with Crippen molar-refractivity contribution in [1.29, 1.82) is 0 Å². The molecule has 0 N–H and O–H groups in total. The first-order valence-electron chi connectivity index (χ1n) is 8.04. The molecule has 2 aromatic rings. The zero-order valence-electron chi connectivity index (χ0n) is 14.0. The topological polar surface area (TPSA) is 18.5 Å². The summed E-state index contributed by atoms with van der Waals surface area (Å²) in [6.45, 7) is 4.59. The summed E-state index contributed by atoms with van der Waals surface area (Å²) in [7, 11) is 0. The van der Waals surface area contributed by atoms with Crippen LogP contribution < -0.4 is 4.74 Å². The van der Waals surface area contributed by atoms with Gasteiger partial charge in [-0.05, 0) is 44.2 Å². The fourth-order valence-electron chi connectivity index (χ4n) is 2.65. The van der Waals surface area contributed by atoms with Crippen LogP contribution in [0.2, 0.25) is 5.02 Å². The quantitative estimate of drug-likeness (QED) is 0.680. The lowest BCUT2D eigenvalue weighted by Gasteiger charge is -2.30. The van der Waals surface area contributed by atoms with Crippen LogP contribution in [0.5, 0.6) is 5.75 Å². The SMILES string of the molecule is Cc1ccc(OC2(C)C=CC=C(OCc3ccccc3Cl)C2)cc1. The van der Waals surface area contributed by atoms with Gasteiger partial charge in [-0.25, -0.2) is 0 Å². The zero-order chi connectivity index (χ0) is 17.0. The fraction of sp³-hybridized carbons (Fsp3) is 0.238. The van der Waals surface area contributed by atoms with Gasteiger partial charge in [0.1, 0.15) is 23.7 Å². The van der Waals surface area contributed by atoms with Gasteiger partial charge in [0.2, 0.25) is 0 Å². The van der Waals surface area contributed by atoms with Crippen molar-refractivity contribution in [3.05, 3.63) is 88.7 Å². The van der Waals surface area contributed by atoms with Gasteiger partial charge < -0.3 is 9.47 Å². The van der Waals surface area contributed by atoms with Crippen LogP contribution in [0.25, 0.3) is 0 Å². The molecule has 1 aliphatic rings. The van der Waals surface area contributed by atoms with E-state index >= 15 is 0 Å². The van der Waals surface area contributed by atoms with Crippen LogP contribution in [-0.4, -0.2) is 5.60 Å². The minimum atomic E-state index is -0.417. The number of benzene rings is 2. The molecule has 2 aromatic carbocycles. The number of hydrogen-bond acceptors (Lipinski definition) is 2. The summed E-state index contributed by atoms with van der Waals surface area (Å²) in [6.07, 6.45) is 6.72. The van der Waals surface area contributed by atoms with Gasteiger partial charge >= 0.3 is 0 Å². The minimum absolute atomic E-state index is 0.417. The van der Waals surface area contributed by atoms with Gasteiger partial charge in [-0.15, -0.1) is 0 Å². The summed E-state index contributed by atoms with van der Waals surface area (Å²) < 4.78 is 12.1. The van der Waals surface area contributed by atoms with Crippen molar-refractivity contribution in [1.82, 2.24) is 0 Å². The van der Waals surface area contributed by atoms with Gasteiger partial charge in [0.05, 0.1) is 0 Å². The highest BCUT2D eigenvalue weighted by atomic mass is 35.5. The van der Waals surface area contributed by atoms with Crippen molar-refractivity contribution in [2.45, 2.75) is 32.5 Å². The molecule has 0 aliphatic heterocycles. The average Bonchev–Trinajstić information content (AvgIpc) is 2.56. The van der Waals surface area contributed by atoms with E-state index in [1.165, 1.54) is 5.56 Å². The molecule has 0 spiro atoms. The fourth-order valence-corrected chi connectivity index (χ4v) is 2.84. The van der Waals surface area contributed by atoms with Gasteiger partial charge in [-0.3, -0.25) is 0 Å². The average molecular weight is 341 g/mol. The van der Waals surface area contributed by atoms with Crippen LogP contribution in [0, 0.1) is 6.92 Å². The van der Waals surface area contributed by atoms with Crippen LogP contribution >= 0.6 is 11.6 Å². The molecule has 24 heavy (non-hydrogen) atoms. The van der Waals surface area contributed by atoms with E-state index in [0.717, 1.165) is 22.1 Å². The van der Waals surface area contributed by atoms with Crippen LogP contribution in [0.1, 0.15) is 24.5 Å². The number of halogens is 1. The van der Waals surface area contributed by atoms with Crippen molar-refractivity contribution in [2.24, 2.45) is 0 Å². The molecule has 0 amide bonds. The summed E-state index contributed by atoms with van der Waals surface area (Å²) in [5.74, 6) is 1.76. The Bertz CT molecular complexity index is 762. The second-order valence-electron chi connectivity index (χ2n) is 6.28. The Labute approximate surface area is 148 Å². The Hall–Kier alpha value is -2.19. The van der Waals surface area contributed by atoms with E-state index in [1.54, 1.807) is 0 Å². The Kier molecular flexibility index (Phi) is 4.96. The first-order valence-corrected chi connectivity index (χ1v) is 8.42. The molecule has 0 saturated heterocycles. The van der Waals surface area contributed by atoms with Crippen LogP contribution in [-0.2, 0) is 11.3 Å². The highest BCUT2D eigenvalue weighted by Gasteiger charge is 2.27. The molecule has 0 aromatic heterocycles. The summed E-state index contributed by atoms with van der Waals surface area (Å²) in [5.41, 5.74) is 1.78. The van der Waals surface area contributed by atoms with Crippen molar-refractivity contribution >= 4 is 11.6 Å². The summed E-state index contributed by atoms with van der Waals surface area (Å²) in [6, 6.07) is 15.8. The number of rotatable bonds is 5. The number of allylic oxidation sites excluding steroid dienone is 2. The Balaban J connectivity index is 1.63. The smallest absolute Gasteiger partial charge is 0.132 e. The Morgan fingerprint density at radius 2 is 1.83 bits per heavy atom. The molecule has 1 atom stereocenters. The molecule has 1 aliphatic carbocycles. The third-order valence-electron chi connectivity index (χ3n) is 4.00. The van der Waals surface area contributed by atoms with Gasteiger partial charge in [-0.1, -0.05) is 53.6 Å². The van der Waals surface area contributed by atoms with E-state index in [-0.39, 0.29) is 0 Å². The summed E-state index contributed by atoms with van der Waals surface area (Å²) in [5, 5.41) is 0.725. The number of ether oxygens (including phenoxy) is 2. The monoisotopic (exact) mass is 340 g/mol. The molecule has 0 heterocycles. The summed E-state index contributed by atoms with van der Waals surface area (Å²) >= 11 is 6.18. The van der Waals surface area contributed by atoms with Gasteiger partial charge in [0.15, 0.2) is 0 Å². The van der Waals surface area contributed by atoms with Crippen LogP contribution in [0.4, 0.5) is 0 Å². The van der Waals surface area contributed by atoms with Crippen molar-refractivity contribution < 1.29 is 9.47 Å². The summed E-state index contributed by atoms with van der Waals surface area (Å²) in [4.78, 5) is 0. The lowest BCUT2D eigenvalue weighted by atomic mass is 9.96. The number of aryl methyl sites for hydroxylation is 1. The van der Waals surface area contributed by atoms with E-state index in [4.69, 9.17) is 21.1 Å². The molecule has 0 bridgehead atoms. The first-order chi connectivity index (χ1) is 11.5. The maximum Gasteiger partial charge on any atom is 0.132 e. The van der Waals surface area contributed by atoms with Gasteiger partial charge in [0, 0.05) is 17.0 Å². The van der Waals surface area contributed by atoms with Crippen LogP contribution in [0.3, 0.4) is 0 Å². The lowest BCUT2D eigenvalue weighted by Crippen LogP contribution is -2.32. The molecule has 1 unspecified atom stereocenters. The van der Waals surface area contributed by atoms with Crippen molar-refractivity contribution in [3.8, 4) is 5.75 Å². The zero-order valence-corrected chi connectivity index (χ0v) is 14.7. The second-order valence-corrected chi connectivity index (χ2v) is 6.68. The highest BCUT2D eigenvalue weighted by Crippen LogP contribution is 2.30. The Morgan fingerprint density at radius 1 is 1.08 bits per heavy atom. The normalized spacial score (nSPS) is 19.7. The molecule has 0 saturated carbocycles. The van der Waals surface area contributed by atoms with E-state index in [9.17, 15) is 0 Å². The van der Waals surface area contributed by atoms with Crippen LogP contribution in [0.15, 0.2) is 72.5 Å². The van der Waals surface area contributed by atoms with E-state index in [1.807, 2.05) is 48.6 Å². The largest absolute Gasteiger partial charge is 0.493 e. The van der Waals surface area contributed by atoms with Gasteiger partial charge in [-0.2, -0.15) is 0 Å². The van der Waals surface area contributed by atoms with E-state index in [2.05, 4.69) is 32.1 Å². The standard InChI is InChI=1S/C21H21ClO2/c1-16-9-11-18(12-10-16)24-21(2)13-5-7-19(14-21)23-15-17-6-3-4-8-20(17)22/h3-13H,14-15H2,1-2H3. The number of hydrogen-bond donors (Lipinski definition) is 0. The molecule has 3 rings (SSSR count). The first kappa shape index (κ1) is 16.7. The molecule has 0 fully saturated rings.